The highest BCUT2D eigenvalue weighted by Crippen LogP contribution is 2.48. The van der Waals surface area contributed by atoms with Crippen molar-refractivity contribution >= 4 is 11.7 Å². The smallest absolute Gasteiger partial charge is 0.396 e. The monoisotopic (exact) mass is 346 g/mol. The molecule has 0 aromatic heterocycles. The van der Waals surface area contributed by atoms with Crippen LogP contribution in [0.25, 0.3) is 0 Å². The zero-order valence-corrected chi connectivity index (χ0v) is 12.7. The zero-order valence-electron chi connectivity index (χ0n) is 12.7. The lowest BCUT2D eigenvalue weighted by Crippen LogP contribution is -2.47. The van der Waals surface area contributed by atoms with Crippen LogP contribution in [0.1, 0.15) is 24.8 Å². The van der Waals surface area contributed by atoms with Gasteiger partial charge < -0.3 is 15.7 Å². The van der Waals surface area contributed by atoms with E-state index in [1.807, 2.05) is 0 Å². The average Bonchev–Trinajstić information content (AvgIpc) is 3.09. The van der Waals surface area contributed by atoms with Crippen LogP contribution in [0.2, 0.25) is 0 Å². The summed E-state index contributed by atoms with van der Waals surface area (Å²) in [6, 6.07) is 1.08. The lowest BCUT2D eigenvalue weighted by molar-refractivity contribution is -0.137. The average molecular weight is 346 g/mol. The van der Waals surface area contributed by atoms with E-state index in [0.717, 1.165) is 31.4 Å². The van der Waals surface area contributed by atoms with E-state index in [0.29, 0.717) is 12.0 Å². The molecule has 0 radical (unpaired) electrons. The number of amides is 2. The summed E-state index contributed by atoms with van der Waals surface area (Å²) in [4.78, 5) is 12.1. The molecule has 4 unspecified atom stereocenters. The molecule has 4 nitrogen and oxygen atoms in total. The molecular formula is C16H18F4N2O2. The fourth-order valence-electron chi connectivity index (χ4n) is 4.07. The number of hydrogen-bond donors (Lipinski definition) is 3. The van der Waals surface area contributed by atoms with Crippen molar-refractivity contribution in [1.29, 1.82) is 0 Å². The summed E-state index contributed by atoms with van der Waals surface area (Å²) in [5.74, 6) is -0.499. The van der Waals surface area contributed by atoms with Crippen LogP contribution in [-0.4, -0.2) is 23.8 Å². The second-order valence-corrected chi connectivity index (χ2v) is 6.49. The summed E-state index contributed by atoms with van der Waals surface area (Å²) < 4.78 is 51.9. The normalized spacial score (nSPS) is 28.9. The Morgan fingerprint density at radius 1 is 1.25 bits per heavy atom. The van der Waals surface area contributed by atoms with Gasteiger partial charge in [0.1, 0.15) is 5.82 Å². The van der Waals surface area contributed by atoms with Gasteiger partial charge in [-0.25, -0.2) is 9.18 Å². The Morgan fingerprint density at radius 2 is 1.96 bits per heavy atom. The summed E-state index contributed by atoms with van der Waals surface area (Å²) in [6.45, 7) is -0.0591. The molecular weight excluding hydrogens is 328 g/mol. The number of hydrogen-bond acceptors (Lipinski definition) is 2. The molecule has 8 heteroatoms. The number of carbonyl (C=O) groups is 1. The largest absolute Gasteiger partial charge is 0.418 e. The Morgan fingerprint density at radius 3 is 2.62 bits per heavy atom. The Labute approximate surface area is 136 Å². The van der Waals surface area contributed by atoms with Gasteiger partial charge in [-0.05, 0) is 49.3 Å². The van der Waals surface area contributed by atoms with Crippen molar-refractivity contribution in [2.45, 2.75) is 31.5 Å². The second kappa shape index (κ2) is 6.23. The first-order chi connectivity index (χ1) is 11.3. The van der Waals surface area contributed by atoms with Crippen LogP contribution in [0.5, 0.6) is 0 Å². The van der Waals surface area contributed by atoms with Crippen molar-refractivity contribution in [3.8, 4) is 0 Å². The molecule has 1 aromatic rings. The number of halogens is 4. The summed E-state index contributed by atoms with van der Waals surface area (Å²) in [5.41, 5.74) is -1.73. The first-order valence-corrected chi connectivity index (χ1v) is 7.84. The number of benzene rings is 1. The maximum atomic E-state index is 13.1. The van der Waals surface area contributed by atoms with E-state index >= 15 is 0 Å². The van der Waals surface area contributed by atoms with E-state index in [1.54, 1.807) is 0 Å². The van der Waals surface area contributed by atoms with Crippen molar-refractivity contribution in [3.05, 3.63) is 29.6 Å². The van der Waals surface area contributed by atoms with Gasteiger partial charge in [-0.2, -0.15) is 13.2 Å². The minimum absolute atomic E-state index is 0.0591. The quantitative estimate of drug-likeness (QED) is 0.735. The molecule has 3 rings (SSSR count). The van der Waals surface area contributed by atoms with Crippen LogP contribution < -0.4 is 10.6 Å². The van der Waals surface area contributed by atoms with E-state index in [4.69, 9.17) is 0 Å². The van der Waals surface area contributed by atoms with Gasteiger partial charge in [0.25, 0.3) is 0 Å². The number of alkyl halides is 3. The third-order valence-corrected chi connectivity index (χ3v) is 5.13. The molecule has 0 aliphatic heterocycles. The summed E-state index contributed by atoms with van der Waals surface area (Å²) in [6.07, 6.45) is -1.91. The van der Waals surface area contributed by atoms with Crippen molar-refractivity contribution < 1.29 is 27.5 Å². The molecule has 2 aliphatic rings. The zero-order chi connectivity index (χ0) is 17.5. The van der Waals surface area contributed by atoms with Crippen LogP contribution in [-0.2, 0) is 6.18 Å². The number of anilines is 1. The predicted molar refractivity (Wildman–Crippen MR) is 78.8 cm³/mol. The van der Waals surface area contributed by atoms with E-state index in [2.05, 4.69) is 10.6 Å². The van der Waals surface area contributed by atoms with Crippen molar-refractivity contribution in [2.24, 2.45) is 17.8 Å². The molecule has 132 valence electrons. The molecule has 3 N–H and O–H groups in total. The number of rotatable bonds is 3. The second-order valence-electron chi connectivity index (χ2n) is 6.49. The lowest BCUT2D eigenvalue weighted by atomic mass is 9.85. The SMILES string of the molecule is O=C(Nc1ccc(F)cc1C(F)(F)F)NC1C2CCC(C2)C1CO. The molecule has 4 atom stereocenters. The summed E-state index contributed by atoms with van der Waals surface area (Å²) >= 11 is 0. The van der Waals surface area contributed by atoms with Crippen LogP contribution in [0.15, 0.2) is 18.2 Å². The summed E-state index contributed by atoms with van der Waals surface area (Å²) in [7, 11) is 0. The Kier molecular flexibility index (Phi) is 4.42. The third-order valence-electron chi connectivity index (χ3n) is 5.13. The highest BCUT2D eigenvalue weighted by atomic mass is 19.4. The molecule has 2 fully saturated rings. The van der Waals surface area contributed by atoms with Gasteiger partial charge in [0.2, 0.25) is 0 Å². The van der Waals surface area contributed by atoms with E-state index < -0.39 is 29.3 Å². The minimum Gasteiger partial charge on any atom is -0.396 e. The molecule has 1 aromatic carbocycles. The van der Waals surface area contributed by atoms with Gasteiger partial charge in [0.05, 0.1) is 11.3 Å². The number of aliphatic hydroxyl groups excluding tert-OH is 1. The molecule has 0 saturated heterocycles. The molecule has 24 heavy (non-hydrogen) atoms. The topological polar surface area (TPSA) is 61.4 Å². The molecule has 0 spiro atoms. The number of carbonyl (C=O) groups excluding carboxylic acids is 1. The molecule has 2 amide bonds. The third kappa shape index (κ3) is 3.19. The van der Waals surface area contributed by atoms with Crippen LogP contribution in [0.4, 0.5) is 28.0 Å². The number of aliphatic hydroxyl groups is 1. The van der Waals surface area contributed by atoms with Gasteiger partial charge in [-0.1, -0.05) is 0 Å². The Bertz CT molecular complexity index is 635. The standard InChI is InChI=1S/C16H18F4N2O2/c17-10-3-4-13(12(6-10)16(18,19)20)21-15(24)22-14-9-2-1-8(5-9)11(14)7-23/h3-4,6,8-9,11,14,23H,1-2,5,7H2,(H2,21,22,24). The Hall–Kier alpha value is -1.83. The van der Waals surface area contributed by atoms with Crippen LogP contribution in [0.3, 0.4) is 0 Å². The van der Waals surface area contributed by atoms with Crippen LogP contribution >= 0.6 is 0 Å². The van der Waals surface area contributed by atoms with Gasteiger partial charge in [0, 0.05) is 18.6 Å². The molecule has 2 saturated carbocycles. The van der Waals surface area contributed by atoms with Crippen molar-refractivity contribution in [2.75, 3.05) is 11.9 Å². The minimum atomic E-state index is -4.77. The van der Waals surface area contributed by atoms with E-state index in [-0.39, 0.29) is 24.5 Å². The number of fused-ring (bicyclic) bond motifs is 2. The van der Waals surface area contributed by atoms with Gasteiger partial charge >= 0.3 is 12.2 Å². The molecule has 2 aliphatic carbocycles. The van der Waals surface area contributed by atoms with Gasteiger partial charge in [-0.3, -0.25) is 0 Å². The predicted octanol–water partition coefficient (Wildman–Crippen LogP) is 3.37. The maximum absolute atomic E-state index is 13.1. The van der Waals surface area contributed by atoms with Crippen LogP contribution in [0, 0.1) is 23.6 Å². The fourth-order valence-corrected chi connectivity index (χ4v) is 4.07. The highest BCUT2D eigenvalue weighted by Gasteiger charge is 2.47. The van der Waals surface area contributed by atoms with Gasteiger partial charge in [0.15, 0.2) is 0 Å². The number of nitrogens with one attached hydrogen (secondary N) is 2. The van der Waals surface area contributed by atoms with Crippen molar-refractivity contribution in [3.63, 3.8) is 0 Å². The maximum Gasteiger partial charge on any atom is 0.418 e. The molecule has 2 bridgehead atoms. The van der Waals surface area contributed by atoms with Gasteiger partial charge in [-0.15, -0.1) is 0 Å². The number of urea groups is 1. The molecule has 0 heterocycles. The van der Waals surface area contributed by atoms with E-state index in [1.165, 1.54) is 0 Å². The van der Waals surface area contributed by atoms with Crippen molar-refractivity contribution in [1.82, 2.24) is 5.32 Å². The van der Waals surface area contributed by atoms with E-state index in [9.17, 15) is 27.5 Å². The first kappa shape index (κ1) is 17.0. The Balaban J connectivity index is 1.72. The lowest BCUT2D eigenvalue weighted by Gasteiger charge is -2.30. The fraction of sp³-hybridized carbons (Fsp3) is 0.562. The highest BCUT2D eigenvalue weighted by molar-refractivity contribution is 5.90. The summed E-state index contributed by atoms with van der Waals surface area (Å²) in [5, 5.41) is 14.3. The first-order valence-electron chi connectivity index (χ1n) is 7.84.